The molecule has 0 aliphatic rings. The molecule has 0 fully saturated rings. The number of hydrogen-bond donors (Lipinski definition) is 2. The average Bonchev–Trinajstić information content (AvgIpc) is 2.88. The number of benzene rings is 1. The largest absolute Gasteiger partial charge is 0.399 e. The normalized spacial score (nSPS) is 11.9. The van der Waals surface area contributed by atoms with E-state index in [1.165, 1.54) is 23.7 Å². The van der Waals surface area contributed by atoms with Gasteiger partial charge in [0.05, 0.1) is 6.20 Å². The van der Waals surface area contributed by atoms with Crippen LogP contribution in [0.25, 0.3) is 0 Å². The maximum atomic E-state index is 12.2. The molecule has 2 aromatic rings. The van der Waals surface area contributed by atoms with Gasteiger partial charge in [-0.3, -0.25) is 5.10 Å². The van der Waals surface area contributed by atoms with Gasteiger partial charge in [-0.2, -0.15) is 9.40 Å². The summed E-state index contributed by atoms with van der Waals surface area (Å²) in [6.07, 6.45) is 2.58. The molecule has 1 aromatic heterocycles. The van der Waals surface area contributed by atoms with Crippen LogP contribution < -0.4 is 5.73 Å². The second kappa shape index (κ2) is 5.20. The zero-order chi connectivity index (χ0) is 14.0. The Morgan fingerprint density at radius 2 is 2.21 bits per heavy atom. The number of nitrogens with two attached hydrogens (primary N) is 1. The second-order valence-electron chi connectivity index (χ2n) is 4.05. The van der Waals surface area contributed by atoms with Crippen LogP contribution in [0.3, 0.4) is 0 Å². The summed E-state index contributed by atoms with van der Waals surface area (Å²) in [6, 6.07) is 4.96. The first kappa shape index (κ1) is 13.9. The van der Waals surface area contributed by atoms with E-state index >= 15 is 0 Å². The van der Waals surface area contributed by atoms with Crippen molar-refractivity contribution in [3.05, 3.63) is 41.2 Å². The van der Waals surface area contributed by atoms with Gasteiger partial charge in [-0.15, -0.1) is 0 Å². The molecule has 8 heteroatoms. The molecule has 19 heavy (non-hydrogen) atoms. The van der Waals surface area contributed by atoms with Crippen molar-refractivity contribution in [2.24, 2.45) is 0 Å². The minimum Gasteiger partial charge on any atom is -0.399 e. The van der Waals surface area contributed by atoms with E-state index < -0.39 is 10.0 Å². The third-order valence-electron chi connectivity index (χ3n) is 2.64. The molecule has 6 nitrogen and oxygen atoms in total. The van der Waals surface area contributed by atoms with Crippen molar-refractivity contribution in [3.63, 3.8) is 0 Å². The van der Waals surface area contributed by atoms with Crippen LogP contribution in [0.4, 0.5) is 5.69 Å². The van der Waals surface area contributed by atoms with Crippen molar-refractivity contribution in [2.75, 3.05) is 12.8 Å². The lowest BCUT2D eigenvalue weighted by Crippen LogP contribution is -2.26. The highest BCUT2D eigenvalue weighted by atomic mass is 35.5. The number of sulfonamides is 1. The molecule has 0 spiro atoms. The van der Waals surface area contributed by atoms with Crippen LogP contribution in [0, 0.1) is 0 Å². The smallest absolute Gasteiger partial charge is 0.246 e. The number of nitrogen functional groups attached to an aromatic ring is 1. The monoisotopic (exact) mass is 300 g/mol. The molecule has 0 aliphatic heterocycles. The van der Waals surface area contributed by atoms with Crippen LogP contribution in [0.5, 0.6) is 0 Å². The van der Waals surface area contributed by atoms with Crippen molar-refractivity contribution in [2.45, 2.75) is 11.4 Å². The maximum Gasteiger partial charge on any atom is 0.246 e. The Kier molecular flexibility index (Phi) is 3.79. The highest BCUT2D eigenvalue weighted by Gasteiger charge is 2.22. The number of rotatable bonds is 4. The van der Waals surface area contributed by atoms with Gasteiger partial charge < -0.3 is 5.73 Å². The highest BCUT2D eigenvalue weighted by Crippen LogP contribution is 2.22. The molecule has 1 heterocycles. The van der Waals surface area contributed by atoms with Crippen LogP contribution >= 0.6 is 11.6 Å². The molecule has 0 aliphatic carbocycles. The molecule has 0 bridgehead atoms. The Bertz CT molecular complexity index is 670. The molecule has 0 unspecified atom stereocenters. The van der Waals surface area contributed by atoms with Gasteiger partial charge in [-0.05, 0) is 23.8 Å². The molecule has 0 radical (unpaired) electrons. The minimum absolute atomic E-state index is 0.107. The van der Waals surface area contributed by atoms with Crippen LogP contribution in [0.1, 0.15) is 5.56 Å². The number of nitrogens with one attached hydrogen (secondary N) is 1. The van der Waals surface area contributed by atoms with E-state index in [0.29, 0.717) is 16.3 Å². The Morgan fingerprint density at radius 3 is 2.84 bits per heavy atom. The summed E-state index contributed by atoms with van der Waals surface area (Å²) in [6.45, 7) is 0.136. The van der Waals surface area contributed by atoms with Crippen LogP contribution in [0.2, 0.25) is 5.02 Å². The number of nitrogens with zero attached hydrogens (tertiary/aromatic N) is 2. The van der Waals surface area contributed by atoms with Gasteiger partial charge in [-0.25, -0.2) is 8.42 Å². The summed E-state index contributed by atoms with van der Waals surface area (Å²) in [5, 5.41) is 6.58. The quantitative estimate of drug-likeness (QED) is 0.836. The molecule has 0 saturated heterocycles. The lowest BCUT2D eigenvalue weighted by Gasteiger charge is -2.17. The molecule has 3 N–H and O–H groups in total. The Balaban J connectivity index is 2.26. The molecule has 1 aromatic carbocycles. The Hall–Kier alpha value is -1.57. The summed E-state index contributed by atoms with van der Waals surface area (Å²) in [5.74, 6) is 0. The van der Waals surface area contributed by atoms with Gasteiger partial charge in [0.2, 0.25) is 10.0 Å². The van der Waals surface area contributed by atoms with Crippen LogP contribution in [-0.4, -0.2) is 30.0 Å². The highest BCUT2D eigenvalue weighted by molar-refractivity contribution is 7.89. The predicted octanol–water partition coefficient (Wildman–Crippen LogP) is 1.47. The Morgan fingerprint density at radius 1 is 1.47 bits per heavy atom. The molecule has 0 amide bonds. The molecule has 2 rings (SSSR count). The summed E-state index contributed by atoms with van der Waals surface area (Å²) >= 11 is 6.02. The van der Waals surface area contributed by atoms with Gasteiger partial charge in [0.1, 0.15) is 4.90 Å². The van der Waals surface area contributed by atoms with Gasteiger partial charge >= 0.3 is 0 Å². The zero-order valence-electron chi connectivity index (χ0n) is 10.2. The predicted molar refractivity (Wildman–Crippen MR) is 73.1 cm³/mol. The van der Waals surface area contributed by atoms with Crippen LogP contribution in [-0.2, 0) is 16.6 Å². The SMILES string of the molecule is CN(Cc1cc(N)ccc1Cl)S(=O)(=O)c1cn[nH]c1. The van der Waals surface area contributed by atoms with E-state index in [4.69, 9.17) is 17.3 Å². The second-order valence-corrected chi connectivity index (χ2v) is 6.50. The molecular weight excluding hydrogens is 288 g/mol. The fourth-order valence-electron chi connectivity index (χ4n) is 1.60. The van der Waals surface area contributed by atoms with Gasteiger partial charge in [0.15, 0.2) is 0 Å². The van der Waals surface area contributed by atoms with Crippen molar-refractivity contribution < 1.29 is 8.42 Å². The summed E-state index contributed by atoms with van der Waals surface area (Å²) in [4.78, 5) is 0.107. The summed E-state index contributed by atoms with van der Waals surface area (Å²) in [7, 11) is -2.11. The molecular formula is C11H13ClN4O2S. The summed E-state index contributed by atoms with van der Waals surface area (Å²) < 4.78 is 25.6. The number of H-pyrrole nitrogens is 1. The van der Waals surface area contributed by atoms with Crippen molar-refractivity contribution in [3.8, 4) is 0 Å². The maximum absolute atomic E-state index is 12.2. The zero-order valence-corrected chi connectivity index (χ0v) is 11.7. The van der Waals surface area contributed by atoms with Crippen molar-refractivity contribution in [1.29, 1.82) is 0 Å². The van der Waals surface area contributed by atoms with E-state index in [9.17, 15) is 8.42 Å². The number of aromatic amines is 1. The van der Waals surface area contributed by atoms with Gasteiger partial charge in [0, 0.05) is 30.5 Å². The lowest BCUT2D eigenvalue weighted by atomic mass is 10.2. The van der Waals surface area contributed by atoms with E-state index in [0.717, 1.165) is 0 Å². The Labute approximate surface area is 116 Å². The van der Waals surface area contributed by atoms with Crippen molar-refractivity contribution >= 4 is 27.3 Å². The van der Waals surface area contributed by atoms with E-state index in [-0.39, 0.29) is 11.4 Å². The lowest BCUT2D eigenvalue weighted by molar-refractivity contribution is 0.467. The third kappa shape index (κ3) is 2.89. The number of aromatic nitrogens is 2. The number of hydrogen-bond acceptors (Lipinski definition) is 4. The first-order valence-corrected chi connectivity index (χ1v) is 7.22. The van der Waals surface area contributed by atoms with Gasteiger partial charge in [-0.1, -0.05) is 11.6 Å². The molecule has 0 saturated carbocycles. The van der Waals surface area contributed by atoms with E-state index in [1.54, 1.807) is 18.2 Å². The van der Waals surface area contributed by atoms with Crippen molar-refractivity contribution in [1.82, 2.24) is 14.5 Å². The van der Waals surface area contributed by atoms with Gasteiger partial charge in [0.25, 0.3) is 0 Å². The van der Waals surface area contributed by atoms with Crippen LogP contribution in [0.15, 0.2) is 35.5 Å². The number of halogens is 1. The minimum atomic E-state index is -3.58. The third-order valence-corrected chi connectivity index (χ3v) is 4.78. The average molecular weight is 301 g/mol. The standard InChI is InChI=1S/C11H13ClN4O2S/c1-16(19(17,18)10-5-14-15-6-10)7-8-4-9(13)2-3-11(8)12/h2-6H,7,13H2,1H3,(H,14,15). The number of anilines is 1. The van der Waals surface area contributed by atoms with E-state index in [2.05, 4.69) is 10.2 Å². The molecule has 102 valence electrons. The topological polar surface area (TPSA) is 92.1 Å². The summed E-state index contributed by atoms with van der Waals surface area (Å²) in [5.41, 5.74) is 6.85. The first-order chi connectivity index (χ1) is 8.91. The first-order valence-electron chi connectivity index (χ1n) is 5.40. The van der Waals surface area contributed by atoms with E-state index in [1.807, 2.05) is 0 Å². The molecule has 0 atom stereocenters. The fourth-order valence-corrected chi connectivity index (χ4v) is 2.83. The fraction of sp³-hybridized carbons (Fsp3) is 0.182.